The van der Waals surface area contributed by atoms with Gasteiger partial charge in [0.05, 0.1) is 0 Å². The highest BCUT2D eigenvalue weighted by Gasteiger charge is 2.59. The number of hydrogen-bond acceptors (Lipinski definition) is 2. The molecule has 0 saturated heterocycles. The first-order chi connectivity index (χ1) is 12.3. The zero-order valence-electron chi connectivity index (χ0n) is 17.1. The van der Waals surface area contributed by atoms with Crippen molar-refractivity contribution in [2.45, 2.75) is 85.1 Å². The third-order valence-corrected chi connectivity index (χ3v) is 9.64. The smallest absolute Gasteiger partial charge is 0.213 e. The summed E-state index contributed by atoms with van der Waals surface area (Å²) in [4.78, 5) is 11.4. The summed E-state index contributed by atoms with van der Waals surface area (Å²) in [5, 5.41) is 11.4. The fourth-order valence-corrected chi connectivity index (χ4v) is 8.21. The molecule has 3 saturated carbocycles. The van der Waals surface area contributed by atoms with Gasteiger partial charge in [0.25, 0.3) is 0 Å². The average Bonchev–Trinajstić information content (AvgIpc) is 2.86. The van der Waals surface area contributed by atoms with Crippen molar-refractivity contribution >= 4 is 0 Å². The molecule has 0 spiro atoms. The first-order valence-electron chi connectivity index (χ1n) is 11.1. The van der Waals surface area contributed by atoms with E-state index in [1.54, 1.807) is 0 Å². The van der Waals surface area contributed by atoms with Crippen LogP contribution in [0, 0.1) is 56.5 Å². The van der Waals surface area contributed by atoms with E-state index in [4.69, 9.17) is 0 Å². The molecule has 0 bridgehead atoms. The average molecular weight is 360 g/mol. The Kier molecular flexibility index (Phi) is 4.51. The maximum Gasteiger partial charge on any atom is 0.213 e. The van der Waals surface area contributed by atoms with Crippen LogP contribution in [0.1, 0.15) is 79.1 Å². The predicted octanol–water partition coefficient (Wildman–Crippen LogP) is 6.11. The van der Waals surface area contributed by atoms with Gasteiger partial charge in [-0.3, -0.25) is 10.1 Å². The minimum Gasteiger partial charge on any atom is -0.264 e. The molecule has 3 fully saturated rings. The van der Waals surface area contributed by atoms with Gasteiger partial charge in [-0.25, -0.2) is 0 Å². The van der Waals surface area contributed by atoms with Gasteiger partial charge in [-0.15, -0.1) is 0 Å². The van der Waals surface area contributed by atoms with Crippen molar-refractivity contribution in [2.24, 2.45) is 46.3 Å². The zero-order valence-corrected chi connectivity index (χ0v) is 17.1. The van der Waals surface area contributed by atoms with Crippen LogP contribution in [0.3, 0.4) is 0 Å². The highest BCUT2D eigenvalue weighted by Crippen LogP contribution is 2.66. The molecular weight excluding hydrogens is 322 g/mol. The van der Waals surface area contributed by atoms with Crippen LogP contribution < -0.4 is 0 Å². The van der Waals surface area contributed by atoms with Crippen LogP contribution in [0.5, 0.6) is 0 Å². The minimum absolute atomic E-state index is 0.00614. The van der Waals surface area contributed by atoms with Crippen LogP contribution >= 0.6 is 0 Å². The van der Waals surface area contributed by atoms with Crippen molar-refractivity contribution in [1.82, 2.24) is 0 Å². The van der Waals surface area contributed by atoms with Gasteiger partial charge in [-0.05, 0) is 84.9 Å². The molecule has 0 aromatic heterocycles. The standard InChI is InChI=1S/C23H37NO2/c1-15(2)19-8-9-20-18-7-5-6-16-14-17(24(25)26)10-12-22(16,3)21(18)11-13-23(19,20)4/h5,7,15-21H,6,8-14H2,1-4H3/t16-,17?,18?,19?,20?,21?,22?,23?/m0/s1. The summed E-state index contributed by atoms with van der Waals surface area (Å²) in [7, 11) is 0. The van der Waals surface area contributed by atoms with Crippen LogP contribution in [-0.2, 0) is 0 Å². The molecule has 3 heteroatoms. The highest BCUT2D eigenvalue weighted by atomic mass is 16.6. The van der Waals surface area contributed by atoms with Crippen LogP contribution in [0.2, 0.25) is 0 Å². The molecule has 0 aromatic rings. The van der Waals surface area contributed by atoms with E-state index in [2.05, 4.69) is 39.8 Å². The third kappa shape index (κ3) is 2.59. The van der Waals surface area contributed by atoms with Gasteiger partial charge in [0, 0.05) is 17.8 Å². The molecule has 4 aliphatic carbocycles. The lowest BCUT2D eigenvalue weighted by Crippen LogP contribution is -2.50. The first-order valence-corrected chi connectivity index (χ1v) is 11.1. The van der Waals surface area contributed by atoms with E-state index in [1.165, 1.54) is 25.7 Å². The van der Waals surface area contributed by atoms with Gasteiger partial charge in [0.2, 0.25) is 6.04 Å². The maximum absolute atomic E-state index is 11.4. The molecule has 0 heterocycles. The lowest BCUT2D eigenvalue weighted by molar-refractivity contribution is -0.530. The molecule has 0 amide bonds. The second-order valence-electron chi connectivity index (χ2n) is 10.8. The zero-order chi connectivity index (χ0) is 18.7. The number of nitrogens with zero attached hydrogens (tertiary/aromatic N) is 1. The fraction of sp³-hybridized carbons (Fsp3) is 0.913. The van der Waals surface area contributed by atoms with Crippen LogP contribution in [0.4, 0.5) is 0 Å². The molecule has 146 valence electrons. The van der Waals surface area contributed by atoms with E-state index >= 15 is 0 Å². The van der Waals surface area contributed by atoms with Gasteiger partial charge in [0.15, 0.2) is 0 Å². The Morgan fingerprint density at radius 2 is 1.73 bits per heavy atom. The molecule has 0 N–H and O–H groups in total. The Morgan fingerprint density at radius 3 is 2.42 bits per heavy atom. The van der Waals surface area contributed by atoms with Crippen molar-refractivity contribution in [3.8, 4) is 0 Å². The summed E-state index contributed by atoms with van der Waals surface area (Å²) < 4.78 is 0. The lowest BCUT2D eigenvalue weighted by Gasteiger charge is -2.56. The van der Waals surface area contributed by atoms with Gasteiger partial charge in [-0.1, -0.05) is 39.8 Å². The van der Waals surface area contributed by atoms with Gasteiger partial charge < -0.3 is 0 Å². The Labute approximate surface area is 159 Å². The van der Waals surface area contributed by atoms with Crippen molar-refractivity contribution in [3.05, 3.63) is 22.3 Å². The number of fused-ring (bicyclic) bond motifs is 5. The molecule has 0 aromatic carbocycles. The molecule has 3 nitrogen and oxygen atoms in total. The number of nitro groups is 1. The Balaban J connectivity index is 1.62. The third-order valence-electron chi connectivity index (χ3n) is 9.64. The number of hydrogen-bond donors (Lipinski definition) is 0. The van der Waals surface area contributed by atoms with Gasteiger partial charge in [0.1, 0.15) is 0 Å². The Bertz CT molecular complexity index is 599. The Morgan fingerprint density at radius 1 is 1.04 bits per heavy atom. The van der Waals surface area contributed by atoms with E-state index in [0.29, 0.717) is 22.7 Å². The second-order valence-corrected chi connectivity index (χ2v) is 10.8. The van der Waals surface area contributed by atoms with Crippen LogP contribution in [0.15, 0.2) is 12.2 Å². The number of rotatable bonds is 2. The summed E-state index contributed by atoms with van der Waals surface area (Å²) in [6.07, 6.45) is 14.2. The maximum atomic E-state index is 11.4. The summed E-state index contributed by atoms with van der Waals surface area (Å²) >= 11 is 0. The SMILES string of the molecule is CC(C)C1CCC2C3C=CC[C@H]4CC([N+](=O)[O-])CCC4(C)C3CCC12C. The quantitative estimate of drug-likeness (QED) is 0.339. The molecule has 0 aliphatic heterocycles. The molecule has 26 heavy (non-hydrogen) atoms. The molecular formula is C23H37NO2. The van der Waals surface area contributed by atoms with E-state index in [-0.39, 0.29) is 11.0 Å². The van der Waals surface area contributed by atoms with E-state index < -0.39 is 0 Å². The summed E-state index contributed by atoms with van der Waals surface area (Å²) in [6, 6.07) is -0.302. The van der Waals surface area contributed by atoms with Crippen LogP contribution in [-0.4, -0.2) is 11.0 Å². The van der Waals surface area contributed by atoms with E-state index in [9.17, 15) is 10.1 Å². The topological polar surface area (TPSA) is 43.1 Å². The lowest BCUT2D eigenvalue weighted by atomic mass is 9.49. The normalized spacial score (nSPS) is 50.7. The Hall–Kier alpha value is -0.860. The predicted molar refractivity (Wildman–Crippen MR) is 105 cm³/mol. The summed E-state index contributed by atoms with van der Waals surface area (Å²) in [5.41, 5.74) is 0.811. The van der Waals surface area contributed by atoms with Gasteiger partial charge in [-0.2, -0.15) is 0 Å². The molecule has 0 radical (unpaired) electrons. The van der Waals surface area contributed by atoms with Crippen LogP contribution in [0.25, 0.3) is 0 Å². The van der Waals surface area contributed by atoms with E-state index in [1.807, 2.05) is 0 Å². The molecule has 4 aliphatic rings. The fourth-order valence-electron chi connectivity index (χ4n) is 8.21. The second kappa shape index (κ2) is 6.34. The van der Waals surface area contributed by atoms with Crippen molar-refractivity contribution in [2.75, 3.05) is 0 Å². The molecule has 4 rings (SSSR count). The summed E-state index contributed by atoms with van der Waals surface area (Å²) in [6.45, 7) is 9.93. The van der Waals surface area contributed by atoms with Gasteiger partial charge >= 0.3 is 0 Å². The van der Waals surface area contributed by atoms with Crippen molar-refractivity contribution in [3.63, 3.8) is 0 Å². The largest absolute Gasteiger partial charge is 0.264 e. The van der Waals surface area contributed by atoms with Crippen molar-refractivity contribution in [1.29, 1.82) is 0 Å². The van der Waals surface area contributed by atoms with E-state index in [0.717, 1.165) is 49.4 Å². The molecule has 8 atom stereocenters. The monoisotopic (exact) mass is 359 g/mol. The number of allylic oxidation sites excluding steroid dienone is 2. The minimum atomic E-state index is -0.302. The highest BCUT2D eigenvalue weighted by molar-refractivity contribution is 5.14. The first kappa shape index (κ1) is 18.5. The molecule has 7 unspecified atom stereocenters. The van der Waals surface area contributed by atoms with Crippen molar-refractivity contribution < 1.29 is 4.92 Å². The summed E-state index contributed by atoms with van der Waals surface area (Å²) in [5.74, 6) is 4.44.